The minimum absolute atomic E-state index is 0.194. The predicted molar refractivity (Wildman–Crippen MR) is 97.9 cm³/mol. The Hall–Kier alpha value is -2.40. The number of hydrogen-bond donors (Lipinski definition) is 1. The van der Waals surface area contributed by atoms with Crippen molar-refractivity contribution >= 4 is 29.2 Å². The predicted octanol–water partition coefficient (Wildman–Crippen LogP) is 4.18. The number of carbonyl (C=O) groups excluding carboxylic acids is 2. The fourth-order valence-electron chi connectivity index (χ4n) is 2.45. The molecule has 0 fully saturated rings. The molecule has 25 heavy (non-hydrogen) atoms. The summed E-state index contributed by atoms with van der Waals surface area (Å²) < 4.78 is 5.35. The first-order valence-electron chi connectivity index (χ1n) is 8.18. The number of nitrogens with one attached hydrogen (secondary N) is 1. The number of aromatic nitrogens is 1. The maximum atomic E-state index is 12.6. The fourth-order valence-corrected chi connectivity index (χ4v) is 2.63. The molecule has 5 nitrogen and oxygen atoms in total. The normalized spacial score (nSPS) is 11.7. The van der Waals surface area contributed by atoms with Gasteiger partial charge in [-0.05, 0) is 43.0 Å². The number of aryl methyl sites for hydroxylation is 2. The average molecular weight is 361 g/mol. The van der Waals surface area contributed by atoms with E-state index in [0.717, 1.165) is 23.2 Å². The van der Waals surface area contributed by atoms with Gasteiger partial charge in [0.15, 0.2) is 6.10 Å². The second-order valence-electron chi connectivity index (χ2n) is 5.62. The van der Waals surface area contributed by atoms with Crippen molar-refractivity contribution in [3.8, 4) is 0 Å². The number of hydrogen-bond acceptors (Lipinski definition) is 4. The first-order chi connectivity index (χ1) is 12.0. The molecular formula is C19H21ClN2O3. The summed E-state index contributed by atoms with van der Waals surface area (Å²) >= 11 is 5.78. The monoisotopic (exact) mass is 360 g/mol. The van der Waals surface area contributed by atoms with Gasteiger partial charge in [-0.25, -0.2) is 9.78 Å². The third-order valence-corrected chi connectivity index (χ3v) is 4.07. The van der Waals surface area contributed by atoms with Crippen LogP contribution in [0.15, 0.2) is 36.5 Å². The van der Waals surface area contributed by atoms with E-state index in [1.807, 2.05) is 32.0 Å². The van der Waals surface area contributed by atoms with Gasteiger partial charge in [0.2, 0.25) is 0 Å². The van der Waals surface area contributed by atoms with Crippen molar-refractivity contribution in [1.29, 1.82) is 0 Å². The van der Waals surface area contributed by atoms with Crippen LogP contribution >= 0.6 is 11.6 Å². The zero-order valence-corrected chi connectivity index (χ0v) is 15.3. The molecule has 0 aliphatic carbocycles. The van der Waals surface area contributed by atoms with Gasteiger partial charge in [0.1, 0.15) is 5.15 Å². The number of pyridine rings is 1. The highest BCUT2D eigenvalue weighted by Gasteiger charge is 2.23. The summed E-state index contributed by atoms with van der Waals surface area (Å²) in [5.74, 6) is -0.952. The van der Waals surface area contributed by atoms with Gasteiger partial charge in [-0.2, -0.15) is 0 Å². The van der Waals surface area contributed by atoms with E-state index in [9.17, 15) is 9.59 Å². The van der Waals surface area contributed by atoms with E-state index < -0.39 is 12.1 Å². The summed E-state index contributed by atoms with van der Waals surface area (Å²) in [7, 11) is 0. The Morgan fingerprint density at radius 1 is 1.28 bits per heavy atom. The topological polar surface area (TPSA) is 68.3 Å². The van der Waals surface area contributed by atoms with Crippen LogP contribution in [0.4, 0.5) is 5.69 Å². The molecule has 1 heterocycles. The van der Waals surface area contributed by atoms with Crippen LogP contribution < -0.4 is 5.32 Å². The van der Waals surface area contributed by atoms with Gasteiger partial charge < -0.3 is 10.1 Å². The minimum Gasteiger partial charge on any atom is -0.449 e. The van der Waals surface area contributed by atoms with Crippen LogP contribution in [-0.4, -0.2) is 23.0 Å². The number of esters is 1. The van der Waals surface area contributed by atoms with E-state index in [2.05, 4.69) is 10.3 Å². The van der Waals surface area contributed by atoms with Crippen LogP contribution in [0.5, 0.6) is 0 Å². The summed E-state index contributed by atoms with van der Waals surface area (Å²) in [5.41, 5.74) is 3.04. The van der Waals surface area contributed by atoms with Crippen LogP contribution in [-0.2, 0) is 16.0 Å². The molecule has 1 atom stereocenters. The Morgan fingerprint density at radius 2 is 2.04 bits per heavy atom. The highest BCUT2D eigenvalue weighted by molar-refractivity contribution is 6.29. The van der Waals surface area contributed by atoms with Crippen molar-refractivity contribution in [3.05, 3.63) is 58.4 Å². The second kappa shape index (κ2) is 8.62. The number of para-hydroxylation sites is 1. The number of anilines is 1. The lowest BCUT2D eigenvalue weighted by Crippen LogP contribution is -2.32. The molecule has 1 aromatic carbocycles. The lowest BCUT2D eigenvalue weighted by Gasteiger charge is -2.18. The third kappa shape index (κ3) is 4.79. The van der Waals surface area contributed by atoms with Crippen molar-refractivity contribution < 1.29 is 14.3 Å². The molecule has 0 saturated heterocycles. The summed E-state index contributed by atoms with van der Waals surface area (Å²) in [6, 6.07) is 8.75. The number of rotatable bonds is 6. The molecule has 0 bridgehead atoms. The van der Waals surface area contributed by atoms with Gasteiger partial charge in [0.25, 0.3) is 5.91 Å². The fraction of sp³-hybridized carbons (Fsp3) is 0.316. The molecule has 132 valence electrons. The van der Waals surface area contributed by atoms with Gasteiger partial charge in [0, 0.05) is 11.9 Å². The Kier molecular flexibility index (Phi) is 6.53. The number of nitrogens with zero attached hydrogens (tertiary/aromatic N) is 1. The Morgan fingerprint density at radius 3 is 2.68 bits per heavy atom. The second-order valence-corrected chi connectivity index (χ2v) is 6.01. The molecule has 1 amide bonds. The van der Waals surface area contributed by atoms with Crippen molar-refractivity contribution in [2.75, 3.05) is 5.32 Å². The van der Waals surface area contributed by atoms with Crippen molar-refractivity contribution in [2.45, 2.75) is 39.7 Å². The van der Waals surface area contributed by atoms with E-state index in [0.29, 0.717) is 6.42 Å². The zero-order chi connectivity index (χ0) is 18.4. The Labute approximate surface area is 152 Å². The molecule has 0 saturated carbocycles. The molecule has 0 radical (unpaired) electrons. The number of benzene rings is 1. The summed E-state index contributed by atoms with van der Waals surface area (Å²) in [6.07, 6.45) is 1.69. The number of amides is 1. The Balaban J connectivity index is 2.13. The smallest absolute Gasteiger partial charge is 0.339 e. The highest BCUT2D eigenvalue weighted by Crippen LogP contribution is 2.22. The first-order valence-corrected chi connectivity index (χ1v) is 8.55. The molecule has 0 aliphatic rings. The van der Waals surface area contributed by atoms with Gasteiger partial charge in [-0.1, -0.05) is 43.6 Å². The van der Waals surface area contributed by atoms with Crippen LogP contribution in [0, 0.1) is 6.92 Å². The molecular weight excluding hydrogens is 340 g/mol. The van der Waals surface area contributed by atoms with E-state index in [-0.39, 0.29) is 16.6 Å². The number of ether oxygens (including phenoxy) is 1. The molecule has 1 aromatic heterocycles. The molecule has 6 heteroatoms. The quantitative estimate of drug-likeness (QED) is 0.619. The van der Waals surface area contributed by atoms with Crippen LogP contribution in [0.1, 0.15) is 41.8 Å². The first kappa shape index (κ1) is 18.9. The summed E-state index contributed by atoms with van der Waals surface area (Å²) in [6.45, 7) is 5.74. The van der Waals surface area contributed by atoms with Crippen molar-refractivity contribution in [2.24, 2.45) is 0 Å². The molecule has 2 aromatic rings. The molecule has 0 spiro atoms. The molecule has 0 aliphatic heterocycles. The Bertz CT molecular complexity index is 777. The SMILES string of the molecule is CCc1cccc(C)c1NC(=O)C(CC)OC(=O)c1ccnc(Cl)c1. The highest BCUT2D eigenvalue weighted by atomic mass is 35.5. The molecule has 1 N–H and O–H groups in total. The number of halogens is 1. The van der Waals surface area contributed by atoms with E-state index in [4.69, 9.17) is 16.3 Å². The van der Waals surface area contributed by atoms with Gasteiger partial charge in [0.05, 0.1) is 5.56 Å². The van der Waals surface area contributed by atoms with E-state index in [1.165, 1.54) is 18.3 Å². The van der Waals surface area contributed by atoms with Crippen molar-refractivity contribution in [1.82, 2.24) is 4.98 Å². The average Bonchev–Trinajstić information content (AvgIpc) is 2.60. The summed E-state index contributed by atoms with van der Waals surface area (Å²) in [5, 5.41) is 3.09. The van der Waals surface area contributed by atoms with Gasteiger partial charge in [-0.3, -0.25) is 4.79 Å². The van der Waals surface area contributed by atoms with Gasteiger partial charge >= 0.3 is 5.97 Å². The number of carbonyl (C=O) groups is 2. The van der Waals surface area contributed by atoms with Crippen molar-refractivity contribution in [3.63, 3.8) is 0 Å². The van der Waals surface area contributed by atoms with Crippen LogP contribution in [0.25, 0.3) is 0 Å². The molecule has 2 rings (SSSR count). The van der Waals surface area contributed by atoms with Crippen LogP contribution in [0.3, 0.4) is 0 Å². The third-order valence-electron chi connectivity index (χ3n) is 3.86. The maximum Gasteiger partial charge on any atom is 0.339 e. The largest absolute Gasteiger partial charge is 0.449 e. The standard InChI is InChI=1S/C19H21ClN2O3/c1-4-13-8-6-7-12(3)17(13)22-18(23)15(5-2)25-19(24)14-9-10-21-16(20)11-14/h6-11,15H,4-5H2,1-3H3,(H,22,23). The maximum absolute atomic E-state index is 12.6. The lowest BCUT2D eigenvalue weighted by atomic mass is 10.1. The zero-order valence-electron chi connectivity index (χ0n) is 14.5. The molecule has 1 unspecified atom stereocenters. The van der Waals surface area contributed by atoms with E-state index in [1.54, 1.807) is 6.92 Å². The van der Waals surface area contributed by atoms with Crippen LogP contribution in [0.2, 0.25) is 5.15 Å². The lowest BCUT2D eigenvalue weighted by molar-refractivity contribution is -0.124. The van der Waals surface area contributed by atoms with Gasteiger partial charge in [-0.15, -0.1) is 0 Å². The van der Waals surface area contributed by atoms with E-state index >= 15 is 0 Å². The minimum atomic E-state index is -0.885. The summed E-state index contributed by atoms with van der Waals surface area (Å²) in [4.78, 5) is 28.6.